The molecule has 0 bridgehead atoms. The molecule has 1 unspecified atom stereocenters. The van der Waals surface area contributed by atoms with Crippen molar-refractivity contribution in [2.75, 3.05) is 18.9 Å². The molecule has 23 heavy (non-hydrogen) atoms. The quantitative estimate of drug-likeness (QED) is 0.805. The molecule has 0 fully saturated rings. The lowest BCUT2D eigenvalue weighted by molar-refractivity contribution is -0.128. The van der Waals surface area contributed by atoms with Gasteiger partial charge in [0.05, 0.1) is 12.6 Å². The maximum atomic E-state index is 12.2. The molecule has 1 aromatic rings. The molecule has 1 atom stereocenters. The van der Waals surface area contributed by atoms with Crippen LogP contribution in [0.25, 0.3) is 0 Å². The normalized spacial score (nSPS) is 12.8. The first kappa shape index (κ1) is 19.1. The van der Waals surface area contributed by atoms with E-state index in [0.29, 0.717) is 5.82 Å². The highest BCUT2D eigenvalue weighted by molar-refractivity contribution is 5.92. The highest BCUT2D eigenvalue weighted by Crippen LogP contribution is 2.09. The van der Waals surface area contributed by atoms with E-state index in [1.165, 1.54) is 0 Å². The first-order valence-electron chi connectivity index (χ1n) is 7.90. The summed E-state index contributed by atoms with van der Waals surface area (Å²) in [7, 11) is 1.76. The summed E-state index contributed by atoms with van der Waals surface area (Å²) in [6, 6.07) is 5.05. The van der Waals surface area contributed by atoms with Crippen LogP contribution in [-0.4, -0.2) is 46.9 Å². The maximum Gasteiger partial charge on any atom is 0.239 e. The zero-order valence-electron chi connectivity index (χ0n) is 14.9. The van der Waals surface area contributed by atoms with Gasteiger partial charge in [-0.2, -0.15) is 0 Å². The number of nitrogens with zero attached hydrogens (tertiary/aromatic N) is 2. The molecule has 0 aliphatic carbocycles. The smallest absolute Gasteiger partial charge is 0.239 e. The zero-order valence-corrected chi connectivity index (χ0v) is 14.9. The molecule has 2 N–H and O–H groups in total. The molecule has 1 rings (SSSR count). The fourth-order valence-electron chi connectivity index (χ4n) is 1.88. The lowest BCUT2D eigenvalue weighted by Gasteiger charge is -2.29. The Hall–Kier alpha value is -1.95. The number of carbonyl (C=O) groups is 2. The summed E-state index contributed by atoms with van der Waals surface area (Å²) in [5, 5.41) is 5.74. The number of carbonyl (C=O) groups excluding carboxylic acids is 2. The van der Waals surface area contributed by atoms with Crippen molar-refractivity contribution in [2.24, 2.45) is 0 Å². The highest BCUT2D eigenvalue weighted by atomic mass is 16.2. The van der Waals surface area contributed by atoms with Crippen LogP contribution >= 0.6 is 0 Å². The van der Waals surface area contributed by atoms with Gasteiger partial charge < -0.3 is 10.6 Å². The van der Waals surface area contributed by atoms with Crippen molar-refractivity contribution in [1.29, 1.82) is 0 Å². The van der Waals surface area contributed by atoms with Crippen molar-refractivity contribution >= 4 is 17.6 Å². The number of aromatic nitrogens is 1. The monoisotopic (exact) mass is 320 g/mol. The van der Waals surface area contributed by atoms with Gasteiger partial charge in [-0.15, -0.1) is 0 Å². The van der Waals surface area contributed by atoms with Crippen molar-refractivity contribution in [3.63, 3.8) is 0 Å². The molecule has 0 saturated heterocycles. The SMILES string of the molecule is CCC(C)(C)NC(=O)C(C)N(C)CC(=O)Nc1cccc(C)n1. The molecule has 1 heterocycles. The summed E-state index contributed by atoms with van der Waals surface area (Å²) in [4.78, 5) is 30.3. The summed E-state index contributed by atoms with van der Waals surface area (Å²) in [5.74, 6) is 0.244. The molecule has 0 aliphatic heterocycles. The fourth-order valence-corrected chi connectivity index (χ4v) is 1.88. The predicted molar refractivity (Wildman–Crippen MR) is 92.2 cm³/mol. The van der Waals surface area contributed by atoms with Crippen LogP contribution in [0.4, 0.5) is 5.82 Å². The van der Waals surface area contributed by atoms with Crippen LogP contribution in [0.1, 0.15) is 39.8 Å². The third-order valence-electron chi connectivity index (χ3n) is 3.93. The second-order valence-electron chi connectivity index (χ2n) is 6.53. The van der Waals surface area contributed by atoms with Crippen molar-refractivity contribution in [3.8, 4) is 0 Å². The first-order valence-corrected chi connectivity index (χ1v) is 7.90. The van der Waals surface area contributed by atoms with E-state index in [9.17, 15) is 9.59 Å². The average Bonchev–Trinajstić information content (AvgIpc) is 2.45. The number of rotatable bonds is 7. The third kappa shape index (κ3) is 6.36. The molecule has 6 heteroatoms. The van der Waals surface area contributed by atoms with E-state index in [1.807, 2.05) is 39.8 Å². The topological polar surface area (TPSA) is 74.3 Å². The van der Waals surface area contributed by atoms with Crippen LogP contribution in [-0.2, 0) is 9.59 Å². The fraction of sp³-hybridized carbons (Fsp3) is 0.588. The molecule has 0 aliphatic rings. The van der Waals surface area contributed by atoms with Gasteiger partial charge in [-0.25, -0.2) is 4.98 Å². The number of hydrogen-bond acceptors (Lipinski definition) is 4. The Balaban J connectivity index is 2.55. The van der Waals surface area contributed by atoms with E-state index >= 15 is 0 Å². The number of aryl methyl sites for hydroxylation is 1. The molecule has 0 saturated carbocycles. The van der Waals surface area contributed by atoms with Crippen LogP contribution in [0, 0.1) is 6.92 Å². The van der Waals surface area contributed by atoms with E-state index in [0.717, 1.165) is 12.1 Å². The minimum absolute atomic E-state index is 0.0826. The summed E-state index contributed by atoms with van der Waals surface area (Å²) < 4.78 is 0. The van der Waals surface area contributed by atoms with Gasteiger partial charge in [0, 0.05) is 11.2 Å². The number of amides is 2. The number of hydrogen-bond donors (Lipinski definition) is 2. The van der Waals surface area contributed by atoms with Crippen molar-refractivity contribution in [2.45, 2.75) is 52.6 Å². The minimum atomic E-state index is -0.392. The van der Waals surface area contributed by atoms with Crippen molar-refractivity contribution < 1.29 is 9.59 Å². The van der Waals surface area contributed by atoms with Crippen LogP contribution in [0.2, 0.25) is 0 Å². The standard InChI is InChI=1S/C17H28N4O2/c1-7-17(4,5)20-16(23)13(3)21(6)11-15(22)19-14-10-8-9-12(2)18-14/h8-10,13H,7,11H2,1-6H3,(H,20,23)(H,18,19,22). The summed E-state index contributed by atoms with van der Waals surface area (Å²) in [5.41, 5.74) is 0.589. The predicted octanol–water partition coefficient (Wildman–Crippen LogP) is 1.95. The van der Waals surface area contributed by atoms with Crippen LogP contribution in [0.3, 0.4) is 0 Å². The van der Waals surface area contributed by atoms with Crippen LogP contribution in [0.15, 0.2) is 18.2 Å². The number of anilines is 1. The van der Waals surface area contributed by atoms with Gasteiger partial charge in [0.1, 0.15) is 5.82 Å². The van der Waals surface area contributed by atoms with E-state index in [2.05, 4.69) is 15.6 Å². The Bertz CT molecular complexity index is 557. The number of likely N-dealkylation sites (N-methyl/N-ethyl adjacent to an activating group) is 1. The molecule has 6 nitrogen and oxygen atoms in total. The lowest BCUT2D eigenvalue weighted by atomic mass is 10.0. The van der Waals surface area contributed by atoms with Gasteiger partial charge in [-0.3, -0.25) is 14.5 Å². The Kier molecular flexibility index (Phi) is 6.69. The molecule has 0 aromatic carbocycles. The number of pyridine rings is 1. The first-order chi connectivity index (χ1) is 10.6. The molecule has 1 aromatic heterocycles. The highest BCUT2D eigenvalue weighted by Gasteiger charge is 2.25. The Morgan fingerprint density at radius 3 is 2.57 bits per heavy atom. The largest absolute Gasteiger partial charge is 0.350 e. The van der Waals surface area contributed by atoms with E-state index in [4.69, 9.17) is 0 Å². The molecular formula is C17H28N4O2. The Morgan fingerprint density at radius 2 is 2.00 bits per heavy atom. The van der Waals surface area contributed by atoms with Gasteiger partial charge in [-0.05, 0) is 53.3 Å². The van der Waals surface area contributed by atoms with Crippen molar-refractivity contribution in [1.82, 2.24) is 15.2 Å². The molecule has 0 spiro atoms. The maximum absolute atomic E-state index is 12.2. The Morgan fingerprint density at radius 1 is 1.35 bits per heavy atom. The van der Waals surface area contributed by atoms with Crippen LogP contribution < -0.4 is 10.6 Å². The lowest BCUT2D eigenvalue weighted by Crippen LogP contribution is -2.52. The van der Waals surface area contributed by atoms with Crippen molar-refractivity contribution in [3.05, 3.63) is 23.9 Å². The van der Waals surface area contributed by atoms with Gasteiger partial charge >= 0.3 is 0 Å². The second kappa shape index (κ2) is 8.06. The number of nitrogens with one attached hydrogen (secondary N) is 2. The van der Waals surface area contributed by atoms with E-state index in [1.54, 1.807) is 24.9 Å². The minimum Gasteiger partial charge on any atom is -0.350 e. The summed E-state index contributed by atoms with van der Waals surface area (Å²) in [6.45, 7) is 9.76. The third-order valence-corrected chi connectivity index (χ3v) is 3.93. The van der Waals surface area contributed by atoms with E-state index < -0.39 is 6.04 Å². The molecule has 0 radical (unpaired) electrons. The second-order valence-corrected chi connectivity index (χ2v) is 6.53. The summed E-state index contributed by atoms with van der Waals surface area (Å²) in [6.07, 6.45) is 0.842. The summed E-state index contributed by atoms with van der Waals surface area (Å²) >= 11 is 0. The van der Waals surface area contributed by atoms with Gasteiger partial charge in [0.2, 0.25) is 11.8 Å². The average molecular weight is 320 g/mol. The Labute approximate surface area is 138 Å². The van der Waals surface area contributed by atoms with E-state index in [-0.39, 0.29) is 23.9 Å². The molecular weight excluding hydrogens is 292 g/mol. The van der Waals surface area contributed by atoms with Gasteiger partial charge in [-0.1, -0.05) is 13.0 Å². The van der Waals surface area contributed by atoms with Crippen LogP contribution in [0.5, 0.6) is 0 Å². The molecule has 2 amide bonds. The van der Waals surface area contributed by atoms with Gasteiger partial charge in [0.15, 0.2) is 0 Å². The molecule has 128 valence electrons. The zero-order chi connectivity index (χ0) is 17.6. The van der Waals surface area contributed by atoms with Gasteiger partial charge in [0.25, 0.3) is 0 Å².